The molecule has 4 aromatic rings. The normalized spacial score (nSPS) is 15.2. The molecule has 0 saturated carbocycles. The average Bonchev–Trinajstić information content (AvgIpc) is 3.39. The SMILES string of the molecule is Cc1sc2nc(SCCCN3CCN(c4nccc5occc45)CC3)n(N)c(=O)c2c1C. The van der Waals surface area contributed by atoms with E-state index >= 15 is 0 Å². The van der Waals surface area contributed by atoms with E-state index in [-0.39, 0.29) is 5.56 Å². The number of thiophene rings is 1. The molecule has 0 unspecified atom stereocenters. The van der Waals surface area contributed by atoms with Crippen LogP contribution < -0.4 is 16.3 Å². The molecular formula is C22H26N6O2S2. The van der Waals surface area contributed by atoms with Gasteiger partial charge < -0.3 is 15.2 Å². The van der Waals surface area contributed by atoms with Gasteiger partial charge in [-0.05, 0) is 44.5 Å². The molecule has 5 rings (SSSR count). The number of aryl methyl sites for hydroxylation is 2. The number of anilines is 1. The quantitative estimate of drug-likeness (QED) is 0.199. The summed E-state index contributed by atoms with van der Waals surface area (Å²) < 4.78 is 6.71. The van der Waals surface area contributed by atoms with Gasteiger partial charge in [0.1, 0.15) is 16.2 Å². The Bertz CT molecular complexity index is 1320. The molecule has 2 N–H and O–H groups in total. The summed E-state index contributed by atoms with van der Waals surface area (Å²) in [7, 11) is 0. The molecule has 1 aliphatic rings. The predicted molar refractivity (Wildman–Crippen MR) is 132 cm³/mol. The van der Waals surface area contributed by atoms with Gasteiger partial charge in [0.2, 0.25) is 0 Å². The highest BCUT2D eigenvalue weighted by Gasteiger charge is 2.20. The van der Waals surface area contributed by atoms with Crippen LogP contribution >= 0.6 is 23.1 Å². The van der Waals surface area contributed by atoms with E-state index in [0.29, 0.717) is 10.5 Å². The fourth-order valence-corrected chi connectivity index (χ4v) is 6.07. The van der Waals surface area contributed by atoms with Crippen molar-refractivity contribution < 1.29 is 4.42 Å². The second kappa shape index (κ2) is 8.76. The number of pyridine rings is 1. The molecule has 0 bridgehead atoms. The van der Waals surface area contributed by atoms with Crippen molar-refractivity contribution in [1.29, 1.82) is 0 Å². The van der Waals surface area contributed by atoms with E-state index < -0.39 is 0 Å². The van der Waals surface area contributed by atoms with E-state index in [4.69, 9.17) is 10.3 Å². The van der Waals surface area contributed by atoms with Crippen molar-refractivity contribution in [2.24, 2.45) is 0 Å². The molecule has 10 heteroatoms. The van der Waals surface area contributed by atoms with Gasteiger partial charge in [-0.25, -0.2) is 14.6 Å². The molecule has 0 amide bonds. The zero-order valence-corrected chi connectivity index (χ0v) is 19.8. The number of nitrogen functional groups attached to an aromatic ring is 1. The minimum Gasteiger partial charge on any atom is -0.464 e. The van der Waals surface area contributed by atoms with Crippen LogP contribution in [0.5, 0.6) is 0 Å². The van der Waals surface area contributed by atoms with Crippen molar-refractivity contribution in [3.63, 3.8) is 0 Å². The average molecular weight is 471 g/mol. The van der Waals surface area contributed by atoms with Crippen LogP contribution in [0.1, 0.15) is 16.9 Å². The summed E-state index contributed by atoms with van der Waals surface area (Å²) in [5.74, 6) is 7.93. The van der Waals surface area contributed by atoms with Gasteiger partial charge in [0.05, 0.1) is 17.0 Å². The number of fused-ring (bicyclic) bond motifs is 2. The Labute approximate surface area is 194 Å². The van der Waals surface area contributed by atoms with E-state index in [1.807, 2.05) is 32.2 Å². The molecule has 0 atom stereocenters. The predicted octanol–water partition coefficient (Wildman–Crippen LogP) is 3.23. The van der Waals surface area contributed by atoms with Gasteiger partial charge in [-0.15, -0.1) is 11.3 Å². The zero-order chi connectivity index (χ0) is 22.2. The molecule has 1 fully saturated rings. The largest absolute Gasteiger partial charge is 0.464 e. The molecule has 32 heavy (non-hydrogen) atoms. The Hall–Kier alpha value is -2.56. The standard InChI is InChI=1S/C22H26N6O2S2/c1-14-15(2)32-20-18(14)21(29)28(23)22(25-20)31-13-3-7-26-8-10-27(11-9-26)19-16-5-12-30-17(16)4-6-24-19/h4-6,12H,3,7-11,13,23H2,1-2H3. The summed E-state index contributed by atoms with van der Waals surface area (Å²) in [5.41, 5.74) is 1.71. The highest BCUT2D eigenvalue weighted by Crippen LogP contribution is 2.28. The van der Waals surface area contributed by atoms with Gasteiger partial charge >= 0.3 is 0 Å². The number of rotatable bonds is 6. The number of hydrogen-bond donors (Lipinski definition) is 1. The van der Waals surface area contributed by atoms with Crippen LogP contribution in [0.15, 0.2) is 39.0 Å². The lowest BCUT2D eigenvalue weighted by Crippen LogP contribution is -2.47. The van der Waals surface area contributed by atoms with Crippen molar-refractivity contribution >= 4 is 50.1 Å². The van der Waals surface area contributed by atoms with Crippen LogP contribution in [0.25, 0.3) is 21.2 Å². The monoisotopic (exact) mass is 470 g/mol. The molecule has 168 valence electrons. The third kappa shape index (κ3) is 3.87. The minimum atomic E-state index is -0.156. The molecule has 0 aromatic carbocycles. The fourth-order valence-electron chi connectivity index (χ4n) is 4.16. The van der Waals surface area contributed by atoms with Gasteiger partial charge in [-0.2, -0.15) is 0 Å². The Morgan fingerprint density at radius 1 is 1.22 bits per heavy atom. The number of piperazine rings is 1. The summed E-state index contributed by atoms with van der Waals surface area (Å²) in [5, 5.41) is 2.32. The number of nitrogens with zero attached hydrogens (tertiary/aromatic N) is 5. The molecular weight excluding hydrogens is 444 g/mol. The minimum absolute atomic E-state index is 0.156. The highest BCUT2D eigenvalue weighted by atomic mass is 32.2. The highest BCUT2D eigenvalue weighted by molar-refractivity contribution is 7.99. The van der Waals surface area contributed by atoms with Gasteiger partial charge in [-0.3, -0.25) is 9.69 Å². The van der Waals surface area contributed by atoms with E-state index in [9.17, 15) is 4.79 Å². The van der Waals surface area contributed by atoms with Crippen LogP contribution in [0.2, 0.25) is 0 Å². The number of furan rings is 1. The number of nitrogens with two attached hydrogens (primary N) is 1. The second-order valence-corrected chi connectivity index (χ2v) is 10.3. The molecule has 0 radical (unpaired) electrons. The molecule has 4 aromatic heterocycles. The third-order valence-corrected chi connectivity index (χ3v) is 8.22. The van der Waals surface area contributed by atoms with Gasteiger partial charge in [0.25, 0.3) is 5.56 Å². The summed E-state index contributed by atoms with van der Waals surface area (Å²) in [4.78, 5) is 28.6. The van der Waals surface area contributed by atoms with Crippen molar-refractivity contribution in [2.45, 2.75) is 25.4 Å². The van der Waals surface area contributed by atoms with Crippen LogP contribution in [-0.4, -0.2) is 58.0 Å². The van der Waals surface area contributed by atoms with E-state index in [1.54, 1.807) is 29.4 Å². The van der Waals surface area contributed by atoms with Gasteiger partial charge in [0, 0.05) is 43.0 Å². The van der Waals surface area contributed by atoms with Crippen molar-refractivity contribution in [3.05, 3.63) is 45.4 Å². The molecule has 8 nitrogen and oxygen atoms in total. The first kappa shape index (κ1) is 21.3. The smallest absolute Gasteiger partial charge is 0.281 e. The van der Waals surface area contributed by atoms with E-state index in [0.717, 1.165) is 77.0 Å². The Morgan fingerprint density at radius 3 is 2.84 bits per heavy atom. The number of hydrogen-bond acceptors (Lipinski definition) is 9. The van der Waals surface area contributed by atoms with Crippen molar-refractivity contribution in [3.8, 4) is 0 Å². The molecule has 0 aliphatic carbocycles. The third-order valence-electron chi connectivity index (χ3n) is 6.08. The van der Waals surface area contributed by atoms with Gasteiger partial charge in [0.15, 0.2) is 5.16 Å². The second-order valence-electron chi connectivity index (χ2n) is 8.03. The first-order valence-electron chi connectivity index (χ1n) is 10.7. The van der Waals surface area contributed by atoms with Crippen LogP contribution in [0.3, 0.4) is 0 Å². The summed E-state index contributed by atoms with van der Waals surface area (Å²) in [6.07, 6.45) is 4.54. The summed E-state index contributed by atoms with van der Waals surface area (Å²) in [6, 6.07) is 3.89. The van der Waals surface area contributed by atoms with Crippen LogP contribution in [-0.2, 0) is 0 Å². The maximum atomic E-state index is 12.6. The molecule has 1 saturated heterocycles. The van der Waals surface area contributed by atoms with E-state index in [2.05, 4.69) is 19.8 Å². The van der Waals surface area contributed by atoms with Crippen molar-refractivity contribution in [1.82, 2.24) is 19.5 Å². The Balaban J connectivity index is 1.14. The lowest BCUT2D eigenvalue weighted by atomic mass is 10.2. The number of thioether (sulfide) groups is 1. The molecule has 1 aliphatic heterocycles. The number of aromatic nitrogens is 3. The Morgan fingerprint density at radius 2 is 2.03 bits per heavy atom. The van der Waals surface area contributed by atoms with Crippen LogP contribution in [0, 0.1) is 13.8 Å². The first-order chi connectivity index (χ1) is 15.5. The molecule has 0 spiro atoms. The summed E-state index contributed by atoms with van der Waals surface area (Å²) in [6.45, 7) is 8.87. The fraction of sp³-hybridized carbons (Fsp3) is 0.409. The topological polar surface area (TPSA) is 93.4 Å². The lowest BCUT2D eigenvalue weighted by Gasteiger charge is -2.35. The van der Waals surface area contributed by atoms with Gasteiger partial charge in [-0.1, -0.05) is 11.8 Å². The van der Waals surface area contributed by atoms with E-state index in [1.165, 1.54) is 4.68 Å². The molecule has 5 heterocycles. The summed E-state index contributed by atoms with van der Waals surface area (Å²) >= 11 is 3.12. The van der Waals surface area contributed by atoms with Crippen molar-refractivity contribution in [2.75, 3.05) is 49.2 Å². The lowest BCUT2D eigenvalue weighted by molar-refractivity contribution is 0.259. The maximum Gasteiger partial charge on any atom is 0.281 e. The first-order valence-corrected chi connectivity index (χ1v) is 12.5. The zero-order valence-electron chi connectivity index (χ0n) is 18.2. The maximum absolute atomic E-state index is 12.6. The van der Waals surface area contributed by atoms with Crippen LogP contribution in [0.4, 0.5) is 5.82 Å². The Kier molecular flexibility index (Phi) is 5.83.